The first-order chi connectivity index (χ1) is 19.1. The molecule has 6 heterocycles. The lowest BCUT2D eigenvalue weighted by atomic mass is 9.52. The van der Waals surface area contributed by atoms with Crippen LogP contribution in [0.5, 0.6) is 0 Å². The maximum atomic E-state index is 12.7. The van der Waals surface area contributed by atoms with Gasteiger partial charge in [-0.3, -0.25) is 9.38 Å². The third kappa shape index (κ3) is 4.37. The average molecular weight is 538 g/mol. The number of aliphatic hydroxyl groups excluding tert-OH is 3. The van der Waals surface area contributed by atoms with Gasteiger partial charge in [0.05, 0.1) is 24.5 Å². The third-order valence-electron chi connectivity index (χ3n) is 11.9. The number of quaternary nitrogens is 1. The summed E-state index contributed by atoms with van der Waals surface area (Å²) in [6, 6.07) is 0.134. The average Bonchev–Trinajstić information content (AvgIpc) is 3.22. The molecule has 0 aromatic carbocycles. The lowest BCUT2D eigenvalue weighted by molar-refractivity contribution is -1.00. The fraction of sp³-hybridized carbons (Fsp3) is 0.765. The molecular formula is C34H53N2O3+. The van der Waals surface area contributed by atoms with Crippen molar-refractivity contribution in [3.05, 3.63) is 48.6 Å². The second-order valence-corrected chi connectivity index (χ2v) is 13.8. The Morgan fingerprint density at radius 2 is 1.54 bits per heavy atom. The van der Waals surface area contributed by atoms with Crippen molar-refractivity contribution in [1.82, 2.24) is 4.90 Å². The van der Waals surface area contributed by atoms with E-state index in [1.165, 1.54) is 32.1 Å². The van der Waals surface area contributed by atoms with E-state index in [9.17, 15) is 15.3 Å². The van der Waals surface area contributed by atoms with Crippen molar-refractivity contribution in [3.8, 4) is 0 Å². The molecule has 7 aliphatic rings. The van der Waals surface area contributed by atoms with E-state index in [1.807, 2.05) is 18.2 Å². The quantitative estimate of drug-likeness (QED) is 0.292. The van der Waals surface area contributed by atoms with Crippen LogP contribution in [0.15, 0.2) is 48.6 Å². The number of piperidine rings is 2. The maximum Gasteiger partial charge on any atom is 0.198 e. The fourth-order valence-electron chi connectivity index (χ4n) is 10.8. The Kier molecular flexibility index (Phi) is 8.27. The van der Waals surface area contributed by atoms with Crippen LogP contribution in [0.25, 0.3) is 0 Å². The molecule has 39 heavy (non-hydrogen) atoms. The molecule has 6 unspecified atom stereocenters. The number of aliphatic hydroxyl groups is 3. The zero-order chi connectivity index (χ0) is 26.9. The second-order valence-electron chi connectivity index (χ2n) is 13.8. The van der Waals surface area contributed by atoms with Crippen LogP contribution >= 0.6 is 0 Å². The van der Waals surface area contributed by atoms with Gasteiger partial charge in [0.2, 0.25) is 0 Å². The number of hydrogen-bond acceptors (Lipinski definition) is 4. The van der Waals surface area contributed by atoms with Gasteiger partial charge in [-0.1, -0.05) is 67.9 Å². The first kappa shape index (κ1) is 27.9. The van der Waals surface area contributed by atoms with Crippen molar-refractivity contribution in [2.75, 3.05) is 26.2 Å². The summed E-state index contributed by atoms with van der Waals surface area (Å²) in [6.07, 6.45) is 30.6. The molecule has 3 N–H and O–H groups in total. The van der Waals surface area contributed by atoms with Gasteiger partial charge in [-0.05, 0) is 77.3 Å². The van der Waals surface area contributed by atoms with Crippen molar-refractivity contribution in [2.24, 2.45) is 17.3 Å². The van der Waals surface area contributed by atoms with Crippen LogP contribution in [0.1, 0.15) is 89.9 Å². The molecule has 9 atom stereocenters. The molecule has 0 aromatic heterocycles. The Bertz CT molecular complexity index is 975. The fourth-order valence-corrected chi connectivity index (χ4v) is 10.8. The smallest absolute Gasteiger partial charge is 0.198 e. The molecule has 1 saturated carbocycles. The summed E-state index contributed by atoms with van der Waals surface area (Å²) < 4.78 is 0.627. The number of nitrogens with zero attached hydrogens (tertiary/aromatic N) is 2. The van der Waals surface area contributed by atoms with E-state index in [0.29, 0.717) is 16.3 Å². The first-order valence-electron chi connectivity index (χ1n) is 16.4. The normalized spacial score (nSPS) is 50.6. The van der Waals surface area contributed by atoms with Crippen LogP contribution < -0.4 is 0 Å². The maximum absolute atomic E-state index is 12.7. The van der Waals surface area contributed by atoms with Crippen LogP contribution in [0.3, 0.4) is 0 Å². The molecule has 6 aliphatic heterocycles. The highest BCUT2D eigenvalue weighted by molar-refractivity contribution is 5.28. The summed E-state index contributed by atoms with van der Waals surface area (Å²) in [5.41, 5.74) is -0.692. The zero-order valence-electron chi connectivity index (χ0n) is 24.0. The van der Waals surface area contributed by atoms with Gasteiger partial charge in [0, 0.05) is 18.3 Å². The van der Waals surface area contributed by atoms with Gasteiger partial charge in [-0.2, -0.15) is 0 Å². The van der Waals surface area contributed by atoms with Crippen LogP contribution in [-0.4, -0.2) is 80.9 Å². The van der Waals surface area contributed by atoms with Gasteiger partial charge in [0.15, 0.2) is 11.8 Å². The summed E-state index contributed by atoms with van der Waals surface area (Å²) in [7, 11) is 0. The summed E-state index contributed by atoms with van der Waals surface area (Å²) in [4.78, 5) is 2.72. The highest BCUT2D eigenvalue weighted by atomic mass is 16.3. The molecule has 5 nitrogen and oxygen atoms in total. The molecule has 6 bridgehead atoms. The summed E-state index contributed by atoms with van der Waals surface area (Å²) in [6.45, 7) is 3.98. The van der Waals surface area contributed by atoms with Crippen LogP contribution in [-0.2, 0) is 0 Å². The lowest BCUT2D eigenvalue weighted by Crippen LogP contribution is -2.77. The van der Waals surface area contributed by atoms with E-state index in [4.69, 9.17) is 0 Å². The van der Waals surface area contributed by atoms with Crippen molar-refractivity contribution < 1.29 is 19.8 Å². The predicted octanol–water partition coefficient (Wildman–Crippen LogP) is 5.24. The van der Waals surface area contributed by atoms with Crippen LogP contribution in [0.4, 0.5) is 0 Å². The van der Waals surface area contributed by atoms with E-state index in [1.54, 1.807) is 0 Å². The minimum atomic E-state index is -0.922. The summed E-state index contributed by atoms with van der Waals surface area (Å²) in [5.74, 6) is 0.904. The highest BCUT2D eigenvalue weighted by Crippen LogP contribution is 2.73. The van der Waals surface area contributed by atoms with Crippen molar-refractivity contribution >= 4 is 0 Å². The van der Waals surface area contributed by atoms with Crippen LogP contribution in [0.2, 0.25) is 0 Å². The molecular weight excluding hydrogens is 484 g/mol. The van der Waals surface area contributed by atoms with Gasteiger partial charge in [-0.15, -0.1) is 0 Å². The van der Waals surface area contributed by atoms with E-state index >= 15 is 0 Å². The molecule has 4 saturated heterocycles. The Morgan fingerprint density at radius 3 is 2.41 bits per heavy atom. The van der Waals surface area contributed by atoms with E-state index in [0.717, 1.165) is 84.0 Å². The van der Waals surface area contributed by atoms with Crippen molar-refractivity contribution in [3.63, 3.8) is 0 Å². The number of hydrogen-bond donors (Lipinski definition) is 3. The van der Waals surface area contributed by atoms with Gasteiger partial charge in [-0.25, -0.2) is 0 Å². The summed E-state index contributed by atoms with van der Waals surface area (Å²) in [5, 5.41) is 36.7. The number of rotatable bonds is 0. The molecule has 0 aromatic rings. The lowest BCUT2D eigenvalue weighted by Gasteiger charge is -2.58. The molecule has 0 amide bonds. The Labute approximate surface area is 236 Å². The summed E-state index contributed by atoms with van der Waals surface area (Å²) >= 11 is 0. The minimum Gasteiger partial charge on any atom is -0.386 e. The van der Waals surface area contributed by atoms with Gasteiger partial charge >= 0.3 is 0 Å². The highest BCUT2D eigenvalue weighted by Gasteiger charge is 2.89. The van der Waals surface area contributed by atoms with Crippen molar-refractivity contribution in [1.29, 1.82) is 0 Å². The minimum absolute atomic E-state index is 0.134. The van der Waals surface area contributed by atoms with Gasteiger partial charge < -0.3 is 15.3 Å². The first-order valence-corrected chi connectivity index (χ1v) is 16.4. The zero-order valence-corrected chi connectivity index (χ0v) is 24.0. The predicted molar refractivity (Wildman–Crippen MR) is 157 cm³/mol. The molecule has 216 valence electrons. The largest absolute Gasteiger partial charge is 0.386 e. The van der Waals surface area contributed by atoms with Gasteiger partial charge in [0.1, 0.15) is 12.2 Å². The molecule has 0 radical (unpaired) electrons. The van der Waals surface area contributed by atoms with E-state index < -0.39 is 24.0 Å². The van der Waals surface area contributed by atoms with Crippen LogP contribution in [0, 0.1) is 17.3 Å². The standard InChI is InChI=1S/C34H53N2O3/c37-29-19-15-11-7-3-6-10-14-18-24-36-26-27-25-33(32(36)39)21-16-12-8-4-1-2-5-9-13-17-22-35-23-20-28(27)34(36,30(29)38)31(33)35/h2,5-7,10-11,15,19,27-32,37-39H,1,3-4,8-9,12-14,16-18,20-26H2/q+1/b5-2-,10-6-,11-7-,19-15+/t27?,28?,29-,30+,31+,32?,33?,34?,36?/m0/s1. The Balaban J connectivity index is 1.45. The second kappa shape index (κ2) is 11.6. The Hall–Kier alpha value is -1.24. The molecule has 5 fully saturated rings. The van der Waals surface area contributed by atoms with Crippen molar-refractivity contribution in [2.45, 2.75) is 120 Å². The Morgan fingerprint density at radius 1 is 0.769 bits per heavy atom. The molecule has 5 heteroatoms. The van der Waals surface area contributed by atoms with Gasteiger partial charge in [0.25, 0.3) is 0 Å². The monoisotopic (exact) mass is 537 g/mol. The van der Waals surface area contributed by atoms with E-state index in [2.05, 4.69) is 35.3 Å². The topological polar surface area (TPSA) is 63.9 Å². The molecule has 7 rings (SSSR count). The number of allylic oxidation sites excluding steroid dienone is 7. The molecule has 1 aliphatic carbocycles. The van der Waals surface area contributed by atoms with E-state index in [-0.39, 0.29) is 11.5 Å². The molecule has 3 spiro atoms. The SMILES string of the molecule is OC1C23CCCCCC/C=C\CCCCN4CCC5C(C2)C[N+]12CCC/C=C\C/C=C\C=C\[C@H](O)[C@@H](O)C52[C@H]43. The third-order valence-corrected chi connectivity index (χ3v) is 11.9.